The molecule has 0 aliphatic carbocycles. The number of aryl methyl sites for hydroxylation is 1. The number of ether oxygens (including phenoxy) is 1. The quantitative estimate of drug-likeness (QED) is 0.752. The molecule has 0 bridgehead atoms. The van der Waals surface area contributed by atoms with Crippen LogP contribution in [0, 0.1) is 12.5 Å². The molecule has 5 nitrogen and oxygen atoms in total. The lowest BCUT2D eigenvalue weighted by Crippen LogP contribution is -2.36. The molecule has 16 heavy (non-hydrogen) atoms. The van der Waals surface area contributed by atoms with Crippen LogP contribution in [-0.2, 0) is 4.74 Å². The molecule has 5 heteroatoms. The second kappa shape index (κ2) is 4.49. The first-order valence-corrected chi connectivity index (χ1v) is 5.26. The molecule has 0 spiro atoms. The SMILES string of the molecule is Cc1cc(N=N)c(O)cc1N1CCOCC1. The summed E-state index contributed by atoms with van der Waals surface area (Å²) in [5, 5.41) is 12.9. The second-order valence-electron chi connectivity index (χ2n) is 3.84. The summed E-state index contributed by atoms with van der Waals surface area (Å²) in [6.45, 7) is 5.05. The van der Waals surface area contributed by atoms with E-state index in [0.717, 1.165) is 24.3 Å². The van der Waals surface area contributed by atoms with E-state index >= 15 is 0 Å². The first-order valence-electron chi connectivity index (χ1n) is 5.26. The first kappa shape index (κ1) is 10.9. The molecule has 2 N–H and O–H groups in total. The maximum atomic E-state index is 9.67. The van der Waals surface area contributed by atoms with Gasteiger partial charge in [-0.15, -0.1) is 0 Å². The Morgan fingerprint density at radius 3 is 2.69 bits per heavy atom. The molecule has 1 heterocycles. The highest BCUT2D eigenvalue weighted by atomic mass is 16.5. The summed E-state index contributed by atoms with van der Waals surface area (Å²) in [7, 11) is 0. The molecule has 1 aromatic rings. The van der Waals surface area contributed by atoms with E-state index in [1.807, 2.05) is 6.92 Å². The molecule has 2 rings (SSSR count). The van der Waals surface area contributed by atoms with E-state index in [4.69, 9.17) is 10.3 Å². The number of phenolic OH excluding ortho intramolecular Hbond substituents is 1. The van der Waals surface area contributed by atoms with E-state index in [0.29, 0.717) is 18.9 Å². The molecule has 1 aliphatic rings. The molecule has 0 aromatic heterocycles. The first-order chi connectivity index (χ1) is 7.72. The van der Waals surface area contributed by atoms with Gasteiger partial charge in [0.05, 0.1) is 13.2 Å². The number of morpholine rings is 1. The summed E-state index contributed by atoms with van der Waals surface area (Å²) in [5.74, 6) is 0.0575. The average Bonchev–Trinajstić information content (AvgIpc) is 2.32. The Balaban J connectivity index is 2.33. The normalized spacial score (nSPS) is 16.2. The molecule has 1 fully saturated rings. The van der Waals surface area contributed by atoms with Crippen molar-refractivity contribution in [2.75, 3.05) is 31.2 Å². The van der Waals surface area contributed by atoms with Crippen LogP contribution < -0.4 is 4.90 Å². The average molecular weight is 221 g/mol. The van der Waals surface area contributed by atoms with Gasteiger partial charge in [0.25, 0.3) is 0 Å². The van der Waals surface area contributed by atoms with E-state index < -0.39 is 0 Å². The molecule has 0 radical (unpaired) electrons. The largest absolute Gasteiger partial charge is 0.506 e. The summed E-state index contributed by atoms with van der Waals surface area (Å²) in [4.78, 5) is 2.17. The standard InChI is InChI=1S/C11H15N3O2/c1-8-6-9(13-12)11(15)7-10(8)14-2-4-16-5-3-14/h6-7,12,15H,2-5H2,1H3. The Morgan fingerprint density at radius 2 is 2.06 bits per heavy atom. The number of anilines is 1. The lowest BCUT2D eigenvalue weighted by molar-refractivity contribution is 0.122. The van der Waals surface area contributed by atoms with Crippen molar-refractivity contribution in [2.24, 2.45) is 5.11 Å². The smallest absolute Gasteiger partial charge is 0.145 e. The van der Waals surface area contributed by atoms with Crippen LogP contribution in [-0.4, -0.2) is 31.4 Å². The highest BCUT2D eigenvalue weighted by Crippen LogP contribution is 2.34. The topological polar surface area (TPSA) is 68.9 Å². The molecule has 0 saturated carbocycles. The molecule has 86 valence electrons. The molecular formula is C11H15N3O2. The van der Waals surface area contributed by atoms with Gasteiger partial charge in [0.1, 0.15) is 11.4 Å². The van der Waals surface area contributed by atoms with Crippen LogP contribution >= 0.6 is 0 Å². The van der Waals surface area contributed by atoms with Crippen molar-refractivity contribution in [3.8, 4) is 5.75 Å². The molecule has 1 saturated heterocycles. The number of hydrogen-bond acceptors (Lipinski definition) is 5. The molecule has 0 atom stereocenters. The van der Waals surface area contributed by atoms with E-state index in [-0.39, 0.29) is 5.75 Å². The van der Waals surface area contributed by atoms with Crippen LogP contribution in [0.4, 0.5) is 11.4 Å². The van der Waals surface area contributed by atoms with Crippen molar-refractivity contribution >= 4 is 11.4 Å². The third-order valence-electron chi connectivity index (χ3n) is 2.77. The fraction of sp³-hybridized carbons (Fsp3) is 0.455. The lowest BCUT2D eigenvalue weighted by Gasteiger charge is -2.30. The van der Waals surface area contributed by atoms with Crippen molar-refractivity contribution in [1.29, 1.82) is 5.53 Å². The summed E-state index contributed by atoms with van der Waals surface area (Å²) in [6.07, 6.45) is 0. The predicted molar refractivity (Wildman–Crippen MR) is 60.7 cm³/mol. The van der Waals surface area contributed by atoms with Crippen molar-refractivity contribution in [2.45, 2.75) is 6.92 Å². The fourth-order valence-electron chi connectivity index (χ4n) is 1.90. The van der Waals surface area contributed by atoms with E-state index in [1.165, 1.54) is 0 Å². The number of hydrogen-bond donors (Lipinski definition) is 2. The van der Waals surface area contributed by atoms with Crippen molar-refractivity contribution in [3.63, 3.8) is 0 Å². The lowest BCUT2D eigenvalue weighted by atomic mass is 10.1. The molecule has 0 unspecified atom stereocenters. The number of phenols is 1. The van der Waals surface area contributed by atoms with Gasteiger partial charge in [0, 0.05) is 24.8 Å². The van der Waals surface area contributed by atoms with E-state index in [9.17, 15) is 5.11 Å². The number of rotatable bonds is 2. The van der Waals surface area contributed by atoms with Gasteiger partial charge in [0.2, 0.25) is 0 Å². The Bertz CT molecular complexity index is 400. The Hall–Kier alpha value is -1.62. The second-order valence-corrected chi connectivity index (χ2v) is 3.84. The number of nitrogens with zero attached hydrogens (tertiary/aromatic N) is 2. The van der Waals surface area contributed by atoms with Crippen LogP contribution in [0.3, 0.4) is 0 Å². The van der Waals surface area contributed by atoms with Gasteiger partial charge in [-0.2, -0.15) is 5.11 Å². The zero-order valence-electron chi connectivity index (χ0n) is 9.23. The van der Waals surface area contributed by atoms with Gasteiger partial charge >= 0.3 is 0 Å². The maximum Gasteiger partial charge on any atom is 0.145 e. The zero-order chi connectivity index (χ0) is 11.5. The summed E-state index contributed by atoms with van der Waals surface area (Å²) < 4.78 is 5.28. The Morgan fingerprint density at radius 1 is 1.38 bits per heavy atom. The zero-order valence-corrected chi connectivity index (χ0v) is 9.23. The Labute approximate surface area is 94.2 Å². The number of benzene rings is 1. The van der Waals surface area contributed by atoms with Crippen molar-refractivity contribution in [3.05, 3.63) is 17.7 Å². The number of nitrogens with one attached hydrogen (secondary N) is 1. The fourth-order valence-corrected chi connectivity index (χ4v) is 1.90. The van der Waals surface area contributed by atoms with Crippen molar-refractivity contribution in [1.82, 2.24) is 0 Å². The third-order valence-corrected chi connectivity index (χ3v) is 2.77. The van der Waals surface area contributed by atoms with Gasteiger partial charge in [0.15, 0.2) is 0 Å². The van der Waals surface area contributed by atoms with Gasteiger partial charge in [-0.1, -0.05) is 0 Å². The number of aromatic hydroxyl groups is 1. The highest BCUT2D eigenvalue weighted by Gasteiger charge is 2.15. The van der Waals surface area contributed by atoms with Gasteiger partial charge in [-0.3, -0.25) is 0 Å². The molecular weight excluding hydrogens is 206 g/mol. The van der Waals surface area contributed by atoms with Gasteiger partial charge in [-0.05, 0) is 18.6 Å². The molecule has 1 aromatic carbocycles. The minimum Gasteiger partial charge on any atom is -0.506 e. The van der Waals surface area contributed by atoms with Crippen LogP contribution in [0.5, 0.6) is 5.75 Å². The van der Waals surface area contributed by atoms with Crippen LogP contribution in [0.15, 0.2) is 17.2 Å². The summed E-state index contributed by atoms with van der Waals surface area (Å²) in [6, 6.07) is 3.40. The Kier molecular flexibility index (Phi) is 3.05. The minimum atomic E-state index is 0.0575. The van der Waals surface area contributed by atoms with Gasteiger partial charge in [-0.25, -0.2) is 5.53 Å². The van der Waals surface area contributed by atoms with E-state index in [2.05, 4.69) is 10.0 Å². The third kappa shape index (κ3) is 1.99. The summed E-state index contributed by atoms with van der Waals surface area (Å²) >= 11 is 0. The predicted octanol–water partition coefficient (Wildman–Crippen LogP) is 2.20. The molecule has 1 aliphatic heterocycles. The van der Waals surface area contributed by atoms with Crippen LogP contribution in [0.1, 0.15) is 5.56 Å². The minimum absolute atomic E-state index is 0.0575. The van der Waals surface area contributed by atoms with E-state index in [1.54, 1.807) is 12.1 Å². The summed E-state index contributed by atoms with van der Waals surface area (Å²) in [5.41, 5.74) is 9.25. The van der Waals surface area contributed by atoms with Gasteiger partial charge < -0.3 is 14.7 Å². The van der Waals surface area contributed by atoms with Crippen LogP contribution in [0.25, 0.3) is 0 Å². The molecule has 0 amide bonds. The van der Waals surface area contributed by atoms with Crippen LogP contribution in [0.2, 0.25) is 0 Å². The maximum absolute atomic E-state index is 9.67. The van der Waals surface area contributed by atoms with Crippen molar-refractivity contribution < 1.29 is 9.84 Å². The monoisotopic (exact) mass is 221 g/mol. The highest BCUT2D eigenvalue weighted by molar-refractivity contribution is 5.65.